The molecule has 2 aromatic heterocycles. The average molecular weight is 712 g/mol. The van der Waals surface area contributed by atoms with Gasteiger partial charge in [-0.2, -0.15) is 0 Å². The second-order valence-electron chi connectivity index (χ2n) is 10.3. The first-order valence-electron chi connectivity index (χ1n) is 13.8. The number of ketones is 1. The van der Waals surface area contributed by atoms with Crippen LogP contribution < -0.4 is 18.9 Å². The minimum absolute atomic E-state index is 0.00359. The predicted molar refractivity (Wildman–Crippen MR) is 171 cm³/mol. The quantitative estimate of drug-likeness (QED) is 0.0883. The van der Waals surface area contributed by atoms with Crippen molar-refractivity contribution in [2.45, 2.75) is 39.5 Å². The molecule has 2 atom stereocenters. The normalized spacial score (nSPS) is 12.7. The molecule has 2 heterocycles. The molecule has 0 amide bonds. The standard InChI is InChI=1S/C31H32BrFO9S2/c1-15(30(35)36)6-7-17-11-19-24(43-17)14-22(40-4)29(27(19)33)42-9-5-8-41-28-21(39-3)13-23-18(26(28)32)12-25(44-23)20(34)10-16(2)31(37)38/h11-16H,5-10H2,1-4H3,(H,35,36)(H,37,38)/t15-,16-/m0/s1. The molecule has 44 heavy (non-hydrogen) atoms. The second-order valence-corrected chi connectivity index (χ2v) is 13.3. The number of carbonyl (C=O) groups is 3. The lowest BCUT2D eigenvalue weighted by Crippen LogP contribution is -2.13. The van der Waals surface area contributed by atoms with E-state index in [2.05, 4.69) is 15.9 Å². The number of aryl methyl sites for hydroxylation is 1. The zero-order valence-corrected chi connectivity index (χ0v) is 27.8. The van der Waals surface area contributed by atoms with Crippen LogP contribution in [0.1, 0.15) is 47.7 Å². The Bertz CT molecular complexity index is 1700. The number of rotatable bonds is 16. The largest absolute Gasteiger partial charge is 0.493 e. The molecule has 2 aromatic carbocycles. The van der Waals surface area contributed by atoms with Crippen molar-refractivity contribution in [3.63, 3.8) is 0 Å². The van der Waals surface area contributed by atoms with Crippen molar-refractivity contribution >= 4 is 76.5 Å². The average Bonchev–Trinajstić information content (AvgIpc) is 3.61. The summed E-state index contributed by atoms with van der Waals surface area (Å²) >= 11 is 6.22. The van der Waals surface area contributed by atoms with Gasteiger partial charge in [0.2, 0.25) is 0 Å². The highest BCUT2D eigenvalue weighted by Gasteiger charge is 2.23. The summed E-state index contributed by atoms with van der Waals surface area (Å²) in [4.78, 5) is 36.3. The monoisotopic (exact) mass is 710 g/mol. The summed E-state index contributed by atoms with van der Waals surface area (Å²) in [6.45, 7) is 3.49. The third-order valence-corrected chi connectivity index (χ3v) is 10.1. The lowest BCUT2D eigenvalue weighted by atomic mass is 10.0. The van der Waals surface area contributed by atoms with E-state index in [1.54, 1.807) is 31.2 Å². The number of hydrogen-bond donors (Lipinski definition) is 2. The van der Waals surface area contributed by atoms with E-state index in [0.29, 0.717) is 50.2 Å². The maximum atomic E-state index is 15.5. The number of hydrogen-bond acceptors (Lipinski definition) is 9. The molecular weight excluding hydrogens is 679 g/mol. The predicted octanol–water partition coefficient (Wildman–Crippen LogP) is 7.83. The molecule has 0 aliphatic rings. The molecule has 0 radical (unpaired) electrons. The molecule has 0 saturated carbocycles. The number of aliphatic carboxylic acids is 2. The van der Waals surface area contributed by atoms with Gasteiger partial charge in [0.15, 0.2) is 34.6 Å². The fraction of sp³-hybridized carbons (Fsp3) is 0.387. The number of fused-ring (bicyclic) bond motifs is 2. The topological polar surface area (TPSA) is 129 Å². The SMILES string of the molecule is COc1cc2sc(CC[C@H](C)C(=O)O)cc2c(F)c1OCCCOc1c(OC)cc2sc(C(=O)C[C@H](C)C(=O)O)cc2c1Br. The minimum atomic E-state index is -1.02. The van der Waals surface area contributed by atoms with Crippen LogP contribution in [0, 0.1) is 17.7 Å². The van der Waals surface area contributed by atoms with Crippen LogP contribution in [-0.4, -0.2) is 55.4 Å². The number of carboxylic acid groups (broad SMARTS) is 2. The first-order chi connectivity index (χ1) is 20.9. The van der Waals surface area contributed by atoms with Gasteiger partial charge in [0.05, 0.1) is 48.6 Å². The molecule has 4 rings (SSSR count). The van der Waals surface area contributed by atoms with Crippen molar-refractivity contribution in [2.75, 3.05) is 27.4 Å². The number of methoxy groups -OCH3 is 2. The Hall–Kier alpha value is -3.42. The summed E-state index contributed by atoms with van der Waals surface area (Å²) < 4.78 is 40.3. The Balaban J connectivity index is 1.42. The molecule has 0 aliphatic carbocycles. The van der Waals surface area contributed by atoms with Crippen molar-refractivity contribution in [3.05, 3.63) is 44.3 Å². The van der Waals surface area contributed by atoms with Gasteiger partial charge >= 0.3 is 11.9 Å². The van der Waals surface area contributed by atoms with Crippen LogP contribution in [0.4, 0.5) is 4.39 Å². The fourth-order valence-corrected chi connectivity index (χ4v) is 7.36. The van der Waals surface area contributed by atoms with Crippen molar-refractivity contribution in [1.82, 2.24) is 0 Å². The number of Topliss-reactive ketones (excluding diaryl/α,β-unsaturated/α-hetero) is 1. The van der Waals surface area contributed by atoms with Gasteiger partial charge in [-0.1, -0.05) is 13.8 Å². The van der Waals surface area contributed by atoms with Crippen LogP contribution in [0.15, 0.2) is 28.7 Å². The summed E-state index contributed by atoms with van der Waals surface area (Å²) in [5, 5.41) is 19.4. The third kappa shape index (κ3) is 7.44. The zero-order chi connectivity index (χ0) is 32.1. The summed E-state index contributed by atoms with van der Waals surface area (Å²) in [5.41, 5.74) is 0. The van der Waals surface area contributed by atoms with Crippen molar-refractivity contribution in [1.29, 1.82) is 0 Å². The lowest BCUT2D eigenvalue weighted by Gasteiger charge is -2.15. The summed E-state index contributed by atoms with van der Waals surface area (Å²) in [6.07, 6.45) is 1.28. The van der Waals surface area contributed by atoms with E-state index in [4.69, 9.17) is 29.2 Å². The molecule has 0 bridgehead atoms. The van der Waals surface area contributed by atoms with Gasteiger partial charge in [-0.3, -0.25) is 14.4 Å². The van der Waals surface area contributed by atoms with Crippen LogP contribution >= 0.6 is 38.6 Å². The Kier molecular flexibility index (Phi) is 11.1. The molecule has 0 fully saturated rings. The molecule has 0 saturated heterocycles. The van der Waals surface area contributed by atoms with E-state index < -0.39 is 29.6 Å². The molecule has 236 valence electrons. The van der Waals surface area contributed by atoms with Crippen LogP contribution in [0.5, 0.6) is 23.0 Å². The molecule has 0 aliphatic heterocycles. The zero-order valence-electron chi connectivity index (χ0n) is 24.5. The highest BCUT2D eigenvalue weighted by Crippen LogP contribution is 2.45. The number of benzene rings is 2. The Morgan fingerprint density at radius 2 is 1.45 bits per heavy atom. The first-order valence-corrected chi connectivity index (χ1v) is 16.2. The van der Waals surface area contributed by atoms with Gasteiger partial charge in [-0.05, 0) is 40.9 Å². The number of ether oxygens (including phenoxy) is 4. The van der Waals surface area contributed by atoms with Gasteiger partial charge in [0, 0.05) is 50.0 Å². The fourth-order valence-electron chi connectivity index (χ4n) is 4.44. The number of halogens is 2. The minimum Gasteiger partial charge on any atom is -0.493 e. The Morgan fingerprint density at radius 3 is 2.07 bits per heavy atom. The third-order valence-electron chi connectivity index (χ3n) is 7.07. The molecule has 4 aromatic rings. The van der Waals surface area contributed by atoms with Crippen molar-refractivity contribution in [2.24, 2.45) is 11.8 Å². The smallest absolute Gasteiger partial charge is 0.306 e. The summed E-state index contributed by atoms with van der Waals surface area (Å²) in [5.74, 6) is -2.80. The number of thiophene rings is 2. The second kappa shape index (κ2) is 14.6. The summed E-state index contributed by atoms with van der Waals surface area (Å²) in [6, 6.07) is 6.93. The Labute approximate surface area is 269 Å². The van der Waals surface area contributed by atoms with E-state index in [1.165, 1.54) is 43.8 Å². The maximum absolute atomic E-state index is 15.5. The lowest BCUT2D eigenvalue weighted by molar-refractivity contribution is -0.142. The van der Waals surface area contributed by atoms with E-state index >= 15 is 4.39 Å². The molecule has 9 nitrogen and oxygen atoms in total. The highest BCUT2D eigenvalue weighted by atomic mass is 79.9. The van der Waals surface area contributed by atoms with Crippen LogP contribution in [0.25, 0.3) is 20.2 Å². The van der Waals surface area contributed by atoms with E-state index in [1.807, 2.05) is 0 Å². The van der Waals surface area contributed by atoms with Crippen molar-refractivity contribution in [3.8, 4) is 23.0 Å². The summed E-state index contributed by atoms with van der Waals surface area (Å²) in [7, 11) is 2.95. The van der Waals surface area contributed by atoms with Gasteiger partial charge < -0.3 is 29.2 Å². The van der Waals surface area contributed by atoms with Gasteiger partial charge in [-0.15, -0.1) is 22.7 Å². The van der Waals surface area contributed by atoms with Gasteiger partial charge in [-0.25, -0.2) is 4.39 Å². The first kappa shape index (κ1) is 33.5. The Morgan fingerprint density at radius 1 is 0.864 bits per heavy atom. The highest BCUT2D eigenvalue weighted by molar-refractivity contribution is 9.10. The molecule has 0 unspecified atom stereocenters. The number of carboxylic acids is 2. The van der Waals surface area contributed by atoms with E-state index in [9.17, 15) is 14.4 Å². The van der Waals surface area contributed by atoms with Crippen LogP contribution in [0.3, 0.4) is 0 Å². The molecule has 0 spiro atoms. The van der Waals surface area contributed by atoms with Gasteiger partial charge in [0.1, 0.15) is 0 Å². The van der Waals surface area contributed by atoms with Crippen LogP contribution in [0.2, 0.25) is 0 Å². The molecule has 13 heteroatoms. The van der Waals surface area contributed by atoms with Crippen LogP contribution in [-0.2, 0) is 16.0 Å². The molecular formula is C31H32BrFO9S2. The van der Waals surface area contributed by atoms with Crippen molar-refractivity contribution < 1.29 is 47.9 Å². The number of carbonyl (C=O) groups excluding carboxylic acids is 1. The van der Waals surface area contributed by atoms with E-state index in [-0.39, 0.29) is 36.9 Å². The maximum Gasteiger partial charge on any atom is 0.306 e. The van der Waals surface area contributed by atoms with Gasteiger partial charge in [0.25, 0.3) is 0 Å². The van der Waals surface area contributed by atoms with E-state index in [0.717, 1.165) is 15.0 Å². The molecule has 2 N–H and O–H groups in total.